The van der Waals surface area contributed by atoms with Gasteiger partial charge in [-0.05, 0) is 30.4 Å². The summed E-state index contributed by atoms with van der Waals surface area (Å²) in [5.41, 5.74) is 2.68. The van der Waals surface area contributed by atoms with E-state index in [1.165, 1.54) is 11.1 Å². The van der Waals surface area contributed by atoms with Crippen LogP contribution >= 0.6 is 0 Å². The van der Waals surface area contributed by atoms with E-state index in [0.717, 1.165) is 13.0 Å². The molecule has 0 heterocycles. The molecule has 2 nitrogen and oxygen atoms in total. The Balaban J connectivity index is 2.52. The second-order valence-electron chi connectivity index (χ2n) is 4.92. The molecule has 0 saturated carbocycles. The van der Waals surface area contributed by atoms with Gasteiger partial charge >= 0.3 is 0 Å². The summed E-state index contributed by atoms with van der Waals surface area (Å²) in [6.45, 7) is 7.36. The number of benzene rings is 1. The fraction of sp³-hybridized carbons (Fsp3) is 0.533. The molecule has 1 rings (SSSR count). The lowest BCUT2D eigenvalue weighted by Gasteiger charge is -2.14. The van der Waals surface area contributed by atoms with E-state index in [2.05, 4.69) is 56.4 Å². The van der Waals surface area contributed by atoms with Gasteiger partial charge in [-0.15, -0.1) is 0 Å². The molecule has 0 aliphatic heterocycles. The second kappa shape index (κ2) is 7.09. The third-order valence-corrected chi connectivity index (χ3v) is 2.81. The van der Waals surface area contributed by atoms with Crippen LogP contribution in [0.4, 0.5) is 0 Å². The average molecular weight is 230 g/mol. The number of nitriles is 1. The maximum Gasteiger partial charge on any atom is 0.0635 e. The van der Waals surface area contributed by atoms with Crippen LogP contribution in [0, 0.1) is 17.2 Å². The first-order valence-electron chi connectivity index (χ1n) is 6.32. The lowest BCUT2D eigenvalue weighted by molar-refractivity contribution is 0.582. The predicted molar refractivity (Wildman–Crippen MR) is 71.6 cm³/mol. The summed E-state index contributed by atoms with van der Waals surface area (Å²) in [7, 11) is 0. The molecule has 1 unspecified atom stereocenters. The zero-order valence-electron chi connectivity index (χ0n) is 11.0. The molecule has 0 fully saturated rings. The minimum absolute atomic E-state index is 0.316. The van der Waals surface area contributed by atoms with Crippen LogP contribution in [0.1, 0.15) is 44.4 Å². The minimum Gasteiger partial charge on any atom is -0.309 e. The Kier molecular flexibility index (Phi) is 5.72. The van der Waals surface area contributed by atoms with Crippen LogP contribution in [0.15, 0.2) is 24.3 Å². The van der Waals surface area contributed by atoms with Crippen molar-refractivity contribution in [2.45, 2.75) is 39.7 Å². The summed E-state index contributed by atoms with van der Waals surface area (Å²) in [5, 5.41) is 11.8. The first-order chi connectivity index (χ1) is 8.13. The van der Waals surface area contributed by atoms with Crippen molar-refractivity contribution >= 4 is 0 Å². The highest BCUT2D eigenvalue weighted by atomic mass is 14.9. The number of rotatable bonds is 6. The Morgan fingerprint density at radius 1 is 1.18 bits per heavy atom. The van der Waals surface area contributed by atoms with E-state index < -0.39 is 0 Å². The molecule has 0 spiro atoms. The quantitative estimate of drug-likeness (QED) is 0.760. The van der Waals surface area contributed by atoms with Crippen LogP contribution in [0.2, 0.25) is 0 Å². The third kappa shape index (κ3) is 5.01. The first kappa shape index (κ1) is 13.7. The van der Waals surface area contributed by atoms with E-state index in [9.17, 15) is 0 Å². The summed E-state index contributed by atoms with van der Waals surface area (Å²) in [5.74, 6) is 0.701. The van der Waals surface area contributed by atoms with Crippen LogP contribution in [-0.2, 0) is 6.42 Å². The summed E-state index contributed by atoms with van der Waals surface area (Å²) in [6.07, 6.45) is 1.70. The van der Waals surface area contributed by atoms with E-state index in [1.807, 2.05) is 0 Å². The second-order valence-corrected chi connectivity index (χ2v) is 4.92. The highest BCUT2D eigenvalue weighted by Crippen LogP contribution is 2.15. The molecule has 0 aromatic heterocycles. The van der Waals surface area contributed by atoms with Gasteiger partial charge in [0.15, 0.2) is 0 Å². The molecule has 1 aromatic carbocycles. The van der Waals surface area contributed by atoms with Gasteiger partial charge in [-0.25, -0.2) is 0 Å². The maximum atomic E-state index is 8.48. The van der Waals surface area contributed by atoms with Gasteiger partial charge in [0.2, 0.25) is 0 Å². The largest absolute Gasteiger partial charge is 0.309 e. The molecule has 17 heavy (non-hydrogen) atoms. The average Bonchev–Trinajstić information content (AvgIpc) is 2.29. The normalized spacial score (nSPS) is 12.4. The van der Waals surface area contributed by atoms with Gasteiger partial charge in [0.25, 0.3) is 0 Å². The molecule has 0 bridgehead atoms. The maximum absolute atomic E-state index is 8.48. The van der Waals surface area contributed by atoms with Crippen LogP contribution < -0.4 is 5.32 Å². The van der Waals surface area contributed by atoms with Gasteiger partial charge in [-0.1, -0.05) is 38.1 Å². The predicted octanol–water partition coefficient (Wildman–Crippen LogP) is 3.45. The topological polar surface area (TPSA) is 35.8 Å². The Morgan fingerprint density at radius 3 is 2.35 bits per heavy atom. The van der Waals surface area contributed by atoms with E-state index in [0.29, 0.717) is 18.4 Å². The van der Waals surface area contributed by atoms with Gasteiger partial charge in [0.05, 0.1) is 6.07 Å². The van der Waals surface area contributed by atoms with Crippen molar-refractivity contribution in [1.82, 2.24) is 5.32 Å². The Morgan fingerprint density at radius 2 is 1.82 bits per heavy atom. The number of hydrogen-bond acceptors (Lipinski definition) is 2. The molecule has 1 atom stereocenters. The number of hydrogen-bond donors (Lipinski definition) is 1. The molecule has 1 N–H and O–H groups in total. The van der Waals surface area contributed by atoms with Crippen LogP contribution in [-0.4, -0.2) is 6.54 Å². The van der Waals surface area contributed by atoms with Crippen LogP contribution in [0.3, 0.4) is 0 Å². The summed E-state index contributed by atoms with van der Waals surface area (Å²) >= 11 is 0. The zero-order chi connectivity index (χ0) is 12.7. The van der Waals surface area contributed by atoms with E-state index in [1.54, 1.807) is 0 Å². The lowest BCUT2D eigenvalue weighted by Crippen LogP contribution is -2.19. The van der Waals surface area contributed by atoms with Gasteiger partial charge in [0, 0.05) is 19.0 Å². The third-order valence-electron chi connectivity index (χ3n) is 2.81. The number of nitrogens with one attached hydrogen (secondary N) is 1. The van der Waals surface area contributed by atoms with Crippen molar-refractivity contribution in [2.24, 2.45) is 5.92 Å². The van der Waals surface area contributed by atoms with E-state index in [-0.39, 0.29) is 0 Å². The monoisotopic (exact) mass is 230 g/mol. The van der Waals surface area contributed by atoms with Crippen molar-refractivity contribution in [1.29, 1.82) is 5.26 Å². The highest BCUT2D eigenvalue weighted by Gasteiger charge is 2.04. The fourth-order valence-electron chi connectivity index (χ4n) is 1.88. The van der Waals surface area contributed by atoms with Gasteiger partial charge in [0.1, 0.15) is 0 Å². The number of nitrogens with zero attached hydrogens (tertiary/aromatic N) is 1. The zero-order valence-corrected chi connectivity index (χ0v) is 11.0. The van der Waals surface area contributed by atoms with Crippen molar-refractivity contribution in [3.8, 4) is 6.07 Å². The van der Waals surface area contributed by atoms with Gasteiger partial charge in [-0.2, -0.15) is 5.26 Å². The van der Waals surface area contributed by atoms with Gasteiger partial charge < -0.3 is 5.32 Å². The van der Waals surface area contributed by atoms with E-state index >= 15 is 0 Å². The molecule has 0 aliphatic carbocycles. The molecular weight excluding hydrogens is 208 g/mol. The molecule has 0 amide bonds. The molecule has 1 aromatic rings. The van der Waals surface area contributed by atoms with Crippen molar-refractivity contribution in [3.05, 3.63) is 35.4 Å². The van der Waals surface area contributed by atoms with Crippen LogP contribution in [0.5, 0.6) is 0 Å². The van der Waals surface area contributed by atoms with Gasteiger partial charge in [-0.3, -0.25) is 0 Å². The Bertz CT molecular complexity index is 360. The fourth-order valence-corrected chi connectivity index (χ4v) is 1.88. The first-order valence-corrected chi connectivity index (χ1v) is 6.32. The smallest absolute Gasteiger partial charge is 0.0635 e. The standard InChI is InChI=1S/C15H22N2/c1-12(2)11-14-5-7-15(8-6-14)13(3)17-10-4-9-16/h5-8,12-13,17H,4,10-11H2,1-3H3. The molecule has 0 radical (unpaired) electrons. The molecule has 0 saturated heterocycles. The van der Waals surface area contributed by atoms with Crippen molar-refractivity contribution < 1.29 is 0 Å². The summed E-state index contributed by atoms with van der Waals surface area (Å²) in [6, 6.07) is 11.2. The molecule has 0 aliphatic rings. The SMILES string of the molecule is CC(C)Cc1ccc(C(C)NCCC#N)cc1. The molecule has 92 valence electrons. The highest BCUT2D eigenvalue weighted by molar-refractivity contribution is 5.25. The minimum atomic E-state index is 0.316. The summed E-state index contributed by atoms with van der Waals surface area (Å²) in [4.78, 5) is 0. The lowest BCUT2D eigenvalue weighted by atomic mass is 10.00. The molecular formula is C15H22N2. The van der Waals surface area contributed by atoms with Crippen molar-refractivity contribution in [3.63, 3.8) is 0 Å². The van der Waals surface area contributed by atoms with Crippen molar-refractivity contribution in [2.75, 3.05) is 6.54 Å². The van der Waals surface area contributed by atoms with Crippen LogP contribution in [0.25, 0.3) is 0 Å². The van der Waals surface area contributed by atoms with E-state index in [4.69, 9.17) is 5.26 Å². The summed E-state index contributed by atoms with van der Waals surface area (Å²) < 4.78 is 0. The Labute approximate surface area is 105 Å². The molecule has 2 heteroatoms. The Hall–Kier alpha value is -1.33.